The van der Waals surface area contributed by atoms with Crippen molar-refractivity contribution in [3.05, 3.63) is 71.0 Å². The smallest absolute Gasteiger partial charge is 0.230 e. The van der Waals surface area contributed by atoms with Crippen LogP contribution in [-0.4, -0.2) is 26.4 Å². The predicted octanol–water partition coefficient (Wildman–Crippen LogP) is 4.45. The fourth-order valence-corrected chi connectivity index (χ4v) is 3.59. The number of carbonyl (C=O) groups excluding carboxylic acids is 1. The molecule has 0 aliphatic carbocycles. The van der Waals surface area contributed by atoms with E-state index in [1.807, 2.05) is 35.8 Å². The van der Waals surface area contributed by atoms with Gasteiger partial charge in [0, 0.05) is 5.02 Å². The maximum atomic E-state index is 12.3. The van der Waals surface area contributed by atoms with Crippen LogP contribution in [0.1, 0.15) is 31.0 Å². The summed E-state index contributed by atoms with van der Waals surface area (Å²) in [4.78, 5) is 12.3. The van der Waals surface area contributed by atoms with Crippen molar-refractivity contribution in [3.8, 4) is 5.69 Å². The molecular formula is C20H21ClN4OS. The number of aryl methyl sites for hydroxylation is 1. The highest BCUT2D eigenvalue weighted by molar-refractivity contribution is 7.99. The first kappa shape index (κ1) is 19.5. The van der Waals surface area contributed by atoms with Crippen LogP contribution in [0.5, 0.6) is 0 Å². The average molecular weight is 401 g/mol. The van der Waals surface area contributed by atoms with Crippen molar-refractivity contribution in [1.82, 2.24) is 20.1 Å². The summed E-state index contributed by atoms with van der Waals surface area (Å²) in [5, 5.41) is 12.4. The molecule has 1 amide bonds. The van der Waals surface area contributed by atoms with Crippen LogP contribution in [0.4, 0.5) is 0 Å². The van der Waals surface area contributed by atoms with Crippen molar-refractivity contribution in [2.75, 3.05) is 5.75 Å². The Hall–Kier alpha value is -2.31. The molecule has 1 N–H and O–H groups in total. The summed E-state index contributed by atoms with van der Waals surface area (Å²) in [6.07, 6.45) is 2.62. The SMILES string of the molecule is CCc1ccc(C(C)NC(=O)CSc2nncn2-c2cccc(Cl)c2)cc1. The van der Waals surface area contributed by atoms with Crippen LogP contribution in [0.3, 0.4) is 0 Å². The molecule has 1 heterocycles. The minimum Gasteiger partial charge on any atom is -0.349 e. The molecule has 0 saturated heterocycles. The van der Waals surface area contributed by atoms with Crippen LogP contribution in [0.15, 0.2) is 60.0 Å². The maximum absolute atomic E-state index is 12.3. The Balaban J connectivity index is 1.59. The molecular weight excluding hydrogens is 380 g/mol. The molecule has 27 heavy (non-hydrogen) atoms. The van der Waals surface area contributed by atoms with Gasteiger partial charge in [-0.15, -0.1) is 10.2 Å². The molecule has 1 atom stereocenters. The van der Waals surface area contributed by atoms with E-state index in [0.717, 1.165) is 17.7 Å². The Morgan fingerprint density at radius 1 is 1.26 bits per heavy atom. The van der Waals surface area contributed by atoms with Crippen molar-refractivity contribution in [1.29, 1.82) is 0 Å². The third-order valence-electron chi connectivity index (χ3n) is 4.20. The molecule has 0 fully saturated rings. The van der Waals surface area contributed by atoms with E-state index < -0.39 is 0 Å². The molecule has 1 unspecified atom stereocenters. The zero-order valence-electron chi connectivity index (χ0n) is 15.2. The highest BCUT2D eigenvalue weighted by atomic mass is 35.5. The Morgan fingerprint density at radius 3 is 2.74 bits per heavy atom. The number of nitrogens with zero attached hydrogens (tertiary/aromatic N) is 3. The molecule has 3 rings (SSSR count). The Labute approximate surface area is 168 Å². The summed E-state index contributed by atoms with van der Waals surface area (Å²) in [6.45, 7) is 4.11. The second-order valence-corrected chi connectivity index (χ2v) is 7.52. The van der Waals surface area contributed by atoms with Crippen molar-refractivity contribution >= 4 is 29.3 Å². The number of halogens is 1. The number of aromatic nitrogens is 3. The van der Waals surface area contributed by atoms with Gasteiger partial charge in [-0.1, -0.05) is 60.6 Å². The van der Waals surface area contributed by atoms with Crippen molar-refractivity contribution in [2.45, 2.75) is 31.5 Å². The summed E-state index contributed by atoms with van der Waals surface area (Å²) >= 11 is 7.39. The summed E-state index contributed by atoms with van der Waals surface area (Å²) in [7, 11) is 0. The predicted molar refractivity (Wildman–Crippen MR) is 109 cm³/mol. The fourth-order valence-electron chi connectivity index (χ4n) is 2.66. The summed E-state index contributed by atoms with van der Waals surface area (Å²) < 4.78 is 1.82. The van der Waals surface area contributed by atoms with Gasteiger partial charge in [0.15, 0.2) is 5.16 Å². The van der Waals surface area contributed by atoms with E-state index in [0.29, 0.717) is 10.2 Å². The van der Waals surface area contributed by atoms with Crippen LogP contribution in [0.2, 0.25) is 5.02 Å². The van der Waals surface area contributed by atoms with Gasteiger partial charge in [0.1, 0.15) is 6.33 Å². The number of hydrogen-bond donors (Lipinski definition) is 1. The largest absolute Gasteiger partial charge is 0.349 e. The zero-order valence-corrected chi connectivity index (χ0v) is 16.8. The van der Waals surface area contributed by atoms with Gasteiger partial charge in [-0.2, -0.15) is 0 Å². The molecule has 7 heteroatoms. The minimum atomic E-state index is -0.0484. The van der Waals surface area contributed by atoms with E-state index in [1.165, 1.54) is 17.3 Å². The van der Waals surface area contributed by atoms with E-state index in [4.69, 9.17) is 11.6 Å². The van der Waals surface area contributed by atoms with E-state index in [9.17, 15) is 4.79 Å². The number of hydrogen-bond acceptors (Lipinski definition) is 4. The monoisotopic (exact) mass is 400 g/mol. The summed E-state index contributed by atoms with van der Waals surface area (Å²) in [6, 6.07) is 15.7. The number of amides is 1. The maximum Gasteiger partial charge on any atom is 0.230 e. The lowest BCUT2D eigenvalue weighted by Gasteiger charge is -2.14. The first-order valence-corrected chi connectivity index (χ1v) is 10.1. The minimum absolute atomic E-state index is 0.0465. The third kappa shape index (κ3) is 5.11. The highest BCUT2D eigenvalue weighted by Crippen LogP contribution is 2.22. The van der Waals surface area contributed by atoms with Gasteiger partial charge >= 0.3 is 0 Å². The fraction of sp³-hybridized carbons (Fsp3) is 0.250. The Morgan fingerprint density at radius 2 is 2.04 bits per heavy atom. The molecule has 0 bridgehead atoms. The number of benzene rings is 2. The van der Waals surface area contributed by atoms with Crippen molar-refractivity contribution in [3.63, 3.8) is 0 Å². The molecule has 140 valence electrons. The molecule has 3 aromatic rings. The Bertz CT molecular complexity index is 910. The van der Waals surface area contributed by atoms with Gasteiger partial charge in [0.25, 0.3) is 0 Å². The van der Waals surface area contributed by atoms with Crippen molar-refractivity contribution < 1.29 is 4.79 Å². The van der Waals surface area contributed by atoms with Crippen molar-refractivity contribution in [2.24, 2.45) is 0 Å². The number of carbonyl (C=O) groups is 1. The summed E-state index contributed by atoms with van der Waals surface area (Å²) in [5.74, 6) is 0.212. The van der Waals surface area contributed by atoms with Gasteiger partial charge in [-0.25, -0.2) is 0 Å². The second-order valence-electron chi connectivity index (χ2n) is 6.14. The van der Waals surface area contributed by atoms with E-state index in [-0.39, 0.29) is 17.7 Å². The van der Waals surface area contributed by atoms with Gasteiger partial charge in [0.2, 0.25) is 5.91 Å². The van der Waals surface area contributed by atoms with Gasteiger partial charge in [0.05, 0.1) is 17.5 Å². The van der Waals surface area contributed by atoms with E-state index in [2.05, 4.69) is 46.7 Å². The quantitative estimate of drug-likeness (QED) is 0.595. The normalized spacial score (nSPS) is 12.0. The first-order chi connectivity index (χ1) is 13.1. The molecule has 0 aliphatic heterocycles. The average Bonchev–Trinajstić information content (AvgIpc) is 3.15. The molecule has 2 aromatic carbocycles. The molecule has 0 radical (unpaired) electrons. The number of rotatable bonds is 7. The molecule has 5 nitrogen and oxygen atoms in total. The lowest BCUT2D eigenvalue weighted by molar-refractivity contribution is -0.119. The molecule has 1 aromatic heterocycles. The second kappa shape index (κ2) is 9.06. The van der Waals surface area contributed by atoms with Crippen LogP contribution >= 0.6 is 23.4 Å². The van der Waals surface area contributed by atoms with Crippen LogP contribution in [0, 0.1) is 0 Å². The third-order valence-corrected chi connectivity index (χ3v) is 5.38. The number of thioether (sulfide) groups is 1. The molecule has 0 spiro atoms. The van der Waals surface area contributed by atoms with Crippen LogP contribution in [-0.2, 0) is 11.2 Å². The highest BCUT2D eigenvalue weighted by Gasteiger charge is 2.13. The van der Waals surface area contributed by atoms with E-state index in [1.54, 1.807) is 6.33 Å². The lowest BCUT2D eigenvalue weighted by atomic mass is 10.1. The first-order valence-electron chi connectivity index (χ1n) is 8.73. The van der Waals surface area contributed by atoms with Gasteiger partial charge in [-0.05, 0) is 42.7 Å². The number of nitrogens with one attached hydrogen (secondary N) is 1. The van der Waals surface area contributed by atoms with Gasteiger partial charge < -0.3 is 5.32 Å². The van der Waals surface area contributed by atoms with E-state index >= 15 is 0 Å². The topological polar surface area (TPSA) is 59.8 Å². The standard InChI is InChI=1S/C20H21ClN4OS/c1-3-15-7-9-16(10-8-15)14(2)23-19(26)12-27-20-24-22-13-25(20)18-6-4-5-17(21)11-18/h4-11,13-14H,3,12H2,1-2H3,(H,23,26). The van der Waals surface area contributed by atoms with Crippen LogP contribution < -0.4 is 5.32 Å². The van der Waals surface area contributed by atoms with Crippen LogP contribution in [0.25, 0.3) is 5.69 Å². The lowest BCUT2D eigenvalue weighted by Crippen LogP contribution is -2.28. The molecule has 0 aliphatic rings. The molecule has 0 saturated carbocycles. The summed E-state index contributed by atoms with van der Waals surface area (Å²) in [5.41, 5.74) is 3.24. The Kier molecular flexibility index (Phi) is 6.53. The van der Waals surface area contributed by atoms with Gasteiger partial charge in [-0.3, -0.25) is 9.36 Å². The zero-order chi connectivity index (χ0) is 19.2.